The molecule has 0 spiro atoms. The number of rotatable bonds is 5. The molecule has 0 amide bonds. The highest BCUT2D eigenvalue weighted by Crippen LogP contribution is 2.31. The molecule has 0 atom stereocenters. The summed E-state index contributed by atoms with van der Waals surface area (Å²) in [7, 11) is 0. The molecule has 1 aromatic heterocycles. The Morgan fingerprint density at radius 1 is 1.30 bits per heavy atom. The normalized spacial score (nSPS) is 10.3. The van der Waals surface area contributed by atoms with Gasteiger partial charge in [-0.15, -0.1) is 0 Å². The molecule has 6 heteroatoms. The van der Waals surface area contributed by atoms with Crippen molar-refractivity contribution in [2.24, 2.45) is 0 Å². The lowest BCUT2D eigenvalue weighted by Gasteiger charge is -2.23. The van der Waals surface area contributed by atoms with Gasteiger partial charge in [0.1, 0.15) is 5.69 Å². The molecular weight excluding hydrogens is 322 g/mol. The van der Waals surface area contributed by atoms with E-state index in [4.69, 9.17) is 0 Å². The van der Waals surface area contributed by atoms with Crippen molar-refractivity contribution in [3.63, 3.8) is 0 Å². The number of halogens is 1. The summed E-state index contributed by atoms with van der Waals surface area (Å²) in [6.07, 6.45) is 3.44. The van der Waals surface area contributed by atoms with Gasteiger partial charge >= 0.3 is 0 Å². The van der Waals surface area contributed by atoms with E-state index >= 15 is 0 Å². The second kappa shape index (κ2) is 6.47. The fourth-order valence-electron chi connectivity index (χ4n) is 1.99. The van der Waals surface area contributed by atoms with Gasteiger partial charge < -0.3 is 4.90 Å². The average Bonchev–Trinajstić information content (AvgIpc) is 2.46. The van der Waals surface area contributed by atoms with Crippen LogP contribution in [-0.2, 0) is 6.54 Å². The second-order valence-corrected chi connectivity index (χ2v) is 5.18. The molecule has 0 fully saturated rings. The Bertz CT molecular complexity index is 605. The van der Waals surface area contributed by atoms with Gasteiger partial charge in [0, 0.05) is 36.0 Å². The number of nitro benzene ring substituents is 1. The third kappa shape index (κ3) is 3.33. The Labute approximate surface area is 125 Å². The van der Waals surface area contributed by atoms with E-state index in [0.29, 0.717) is 23.2 Å². The third-order valence-corrected chi connectivity index (χ3v) is 3.47. The van der Waals surface area contributed by atoms with E-state index in [-0.39, 0.29) is 10.6 Å². The molecule has 1 heterocycles. The summed E-state index contributed by atoms with van der Waals surface area (Å²) >= 11 is 3.27. The van der Waals surface area contributed by atoms with Crippen LogP contribution in [0.1, 0.15) is 12.5 Å². The van der Waals surface area contributed by atoms with Crippen molar-refractivity contribution in [1.29, 1.82) is 0 Å². The summed E-state index contributed by atoms with van der Waals surface area (Å²) in [6, 6.07) is 8.94. The topological polar surface area (TPSA) is 59.3 Å². The summed E-state index contributed by atoms with van der Waals surface area (Å²) in [5.74, 6) is 0. The molecule has 0 saturated carbocycles. The molecule has 104 valence electrons. The van der Waals surface area contributed by atoms with Gasteiger partial charge in [0.15, 0.2) is 0 Å². The first-order chi connectivity index (χ1) is 9.61. The molecule has 0 aliphatic heterocycles. The molecule has 2 rings (SSSR count). The fourth-order valence-corrected chi connectivity index (χ4v) is 2.34. The largest absolute Gasteiger partial charge is 0.362 e. The van der Waals surface area contributed by atoms with Crippen LogP contribution >= 0.6 is 15.9 Å². The number of pyridine rings is 1. The van der Waals surface area contributed by atoms with Crippen LogP contribution in [0.4, 0.5) is 11.4 Å². The van der Waals surface area contributed by atoms with E-state index in [9.17, 15) is 10.1 Å². The van der Waals surface area contributed by atoms with E-state index in [1.54, 1.807) is 18.5 Å². The second-order valence-electron chi connectivity index (χ2n) is 4.26. The van der Waals surface area contributed by atoms with Crippen LogP contribution in [0.3, 0.4) is 0 Å². The van der Waals surface area contributed by atoms with E-state index < -0.39 is 0 Å². The van der Waals surface area contributed by atoms with Crippen molar-refractivity contribution < 1.29 is 4.92 Å². The van der Waals surface area contributed by atoms with Crippen LogP contribution < -0.4 is 4.90 Å². The molecule has 2 aromatic rings. The lowest BCUT2D eigenvalue weighted by atomic mass is 10.2. The van der Waals surface area contributed by atoms with Crippen LogP contribution in [0.15, 0.2) is 47.2 Å². The molecule has 0 saturated heterocycles. The first kappa shape index (κ1) is 14.5. The smallest absolute Gasteiger partial charge is 0.293 e. The zero-order valence-corrected chi connectivity index (χ0v) is 12.6. The molecule has 5 nitrogen and oxygen atoms in total. The van der Waals surface area contributed by atoms with Crippen molar-refractivity contribution in [2.45, 2.75) is 13.5 Å². The van der Waals surface area contributed by atoms with Gasteiger partial charge in [0.2, 0.25) is 0 Å². The standard InChI is InChI=1S/C14H14BrN3O2/c1-2-17(10-11-5-7-16-8-6-11)13-4-3-12(15)9-14(13)18(19)20/h3-9H,2,10H2,1H3. The highest BCUT2D eigenvalue weighted by Gasteiger charge is 2.19. The van der Waals surface area contributed by atoms with Gasteiger partial charge in [0.25, 0.3) is 5.69 Å². The Morgan fingerprint density at radius 3 is 2.60 bits per heavy atom. The molecule has 20 heavy (non-hydrogen) atoms. The van der Waals surface area contributed by atoms with Crippen molar-refractivity contribution in [2.75, 3.05) is 11.4 Å². The first-order valence-corrected chi connectivity index (χ1v) is 6.99. The van der Waals surface area contributed by atoms with Gasteiger partial charge in [-0.3, -0.25) is 15.1 Å². The minimum Gasteiger partial charge on any atom is -0.362 e. The highest BCUT2D eigenvalue weighted by molar-refractivity contribution is 9.10. The summed E-state index contributed by atoms with van der Waals surface area (Å²) in [5.41, 5.74) is 1.80. The predicted octanol–water partition coefficient (Wildman–Crippen LogP) is 3.78. The van der Waals surface area contributed by atoms with Crippen molar-refractivity contribution in [3.05, 3.63) is 62.9 Å². The number of anilines is 1. The van der Waals surface area contributed by atoms with Crippen LogP contribution in [0, 0.1) is 10.1 Å². The average molecular weight is 336 g/mol. The molecule has 0 aliphatic carbocycles. The number of nitrogens with zero attached hydrogens (tertiary/aromatic N) is 3. The number of hydrogen-bond acceptors (Lipinski definition) is 4. The summed E-state index contributed by atoms with van der Waals surface area (Å²) in [5, 5.41) is 11.2. The van der Waals surface area contributed by atoms with Crippen LogP contribution in [0.25, 0.3) is 0 Å². The zero-order chi connectivity index (χ0) is 14.5. The molecular formula is C14H14BrN3O2. The quantitative estimate of drug-likeness (QED) is 0.616. The van der Waals surface area contributed by atoms with Crippen LogP contribution in [0.5, 0.6) is 0 Å². The minimum absolute atomic E-state index is 0.107. The maximum absolute atomic E-state index is 11.2. The minimum atomic E-state index is -0.352. The number of hydrogen-bond donors (Lipinski definition) is 0. The number of benzene rings is 1. The lowest BCUT2D eigenvalue weighted by Crippen LogP contribution is -2.22. The van der Waals surface area contributed by atoms with Gasteiger partial charge in [-0.25, -0.2) is 0 Å². The Kier molecular flexibility index (Phi) is 4.68. The van der Waals surface area contributed by atoms with Crippen LogP contribution in [0.2, 0.25) is 0 Å². The van der Waals surface area contributed by atoms with E-state index in [0.717, 1.165) is 5.56 Å². The van der Waals surface area contributed by atoms with Crippen molar-refractivity contribution in [3.8, 4) is 0 Å². The Morgan fingerprint density at radius 2 is 2.00 bits per heavy atom. The van der Waals surface area contributed by atoms with E-state index in [2.05, 4.69) is 20.9 Å². The molecule has 0 aliphatic rings. The maximum atomic E-state index is 11.2. The SMILES string of the molecule is CCN(Cc1ccncc1)c1ccc(Br)cc1[N+](=O)[O-]. The Hall–Kier alpha value is -1.95. The predicted molar refractivity (Wildman–Crippen MR) is 81.8 cm³/mol. The lowest BCUT2D eigenvalue weighted by molar-refractivity contribution is -0.384. The third-order valence-electron chi connectivity index (χ3n) is 2.98. The number of nitro groups is 1. The molecule has 0 radical (unpaired) electrons. The summed E-state index contributed by atoms with van der Waals surface area (Å²) < 4.78 is 0.702. The molecule has 0 bridgehead atoms. The highest BCUT2D eigenvalue weighted by atomic mass is 79.9. The molecule has 1 aromatic carbocycles. The van der Waals surface area contributed by atoms with Crippen molar-refractivity contribution >= 4 is 27.3 Å². The van der Waals surface area contributed by atoms with E-state index in [1.165, 1.54) is 6.07 Å². The maximum Gasteiger partial charge on any atom is 0.293 e. The van der Waals surface area contributed by atoms with E-state index in [1.807, 2.05) is 30.0 Å². The first-order valence-electron chi connectivity index (χ1n) is 6.19. The Balaban J connectivity index is 2.34. The number of aromatic nitrogens is 1. The van der Waals surface area contributed by atoms with Crippen molar-refractivity contribution in [1.82, 2.24) is 4.98 Å². The van der Waals surface area contributed by atoms with Gasteiger partial charge in [0.05, 0.1) is 4.92 Å². The van der Waals surface area contributed by atoms with Gasteiger partial charge in [-0.1, -0.05) is 15.9 Å². The van der Waals surface area contributed by atoms with Gasteiger partial charge in [-0.05, 0) is 36.8 Å². The molecule has 0 unspecified atom stereocenters. The molecule has 0 N–H and O–H groups in total. The van der Waals surface area contributed by atoms with Gasteiger partial charge in [-0.2, -0.15) is 0 Å². The zero-order valence-electron chi connectivity index (χ0n) is 11.0. The fraction of sp³-hybridized carbons (Fsp3) is 0.214. The monoisotopic (exact) mass is 335 g/mol. The summed E-state index contributed by atoms with van der Waals surface area (Å²) in [6.45, 7) is 3.28. The van der Waals surface area contributed by atoms with Crippen LogP contribution in [-0.4, -0.2) is 16.5 Å². The summed E-state index contributed by atoms with van der Waals surface area (Å²) in [4.78, 5) is 16.8.